The minimum absolute atomic E-state index is 0.302. The van der Waals surface area contributed by atoms with Crippen molar-refractivity contribution in [2.45, 2.75) is 38.5 Å². The van der Waals surface area contributed by atoms with Crippen molar-refractivity contribution in [3.05, 3.63) is 34.9 Å². The van der Waals surface area contributed by atoms with Crippen molar-refractivity contribution in [1.82, 2.24) is 0 Å². The highest BCUT2D eigenvalue weighted by molar-refractivity contribution is 6.21. The van der Waals surface area contributed by atoms with E-state index in [0.717, 1.165) is 25.3 Å². The lowest BCUT2D eigenvalue weighted by atomic mass is 9.89. The second-order valence-corrected chi connectivity index (χ2v) is 5.57. The van der Waals surface area contributed by atoms with E-state index in [1.165, 1.54) is 0 Å². The van der Waals surface area contributed by atoms with Crippen LogP contribution in [-0.2, 0) is 0 Å². The molecule has 2 rings (SSSR count). The van der Waals surface area contributed by atoms with Crippen LogP contribution in [0.2, 0.25) is 0 Å². The van der Waals surface area contributed by atoms with Crippen LogP contribution >= 0.6 is 11.6 Å². The summed E-state index contributed by atoms with van der Waals surface area (Å²) in [7, 11) is 0. The SMILES string of the molecule is Cc1cc(C(Cl)C2CCCC2C)c(F)cc1F. The van der Waals surface area contributed by atoms with E-state index in [4.69, 9.17) is 11.6 Å². The molecule has 17 heavy (non-hydrogen) atoms. The van der Waals surface area contributed by atoms with Gasteiger partial charge in [-0.15, -0.1) is 11.6 Å². The molecule has 0 nitrogen and oxygen atoms in total. The molecule has 0 aliphatic heterocycles. The van der Waals surface area contributed by atoms with Gasteiger partial charge >= 0.3 is 0 Å². The van der Waals surface area contributed by atoms with Gasteiger partial charge < -0.3 is 0 Å². The molecule has 94 valence electrons. The highest BCUT2D eigenvalue weighted by Crippen LogP contribution is 2.44. The summed E-state index contributed by atoms with van der Waals surface area (Å²) >= 11 is 6.37. The van der Waals surface area contributed by atoms with Crippen molar-refractivity contribution < 1.29 is 8.78 Å². The van der Waals surface area contributed by atoms with Crippen LogP contribution in [0.1, 0.15) is 42.7 Å². The van der Waals surface area contributed by atoms with Gasteiger partial charge in [-0.1, -0.05) is 19.8 Å². The first kappa shape index (κ1) is 12.8. The summed E-state index contributed by atoms with van der Waals surface area (Å²) in [6.45, 7) is 3.79. The Bertz CT molecular complexity index is 417. The van der Waals surface area contributed by atoms with Crippen LogP contribution in [0, 0.1) is 30.4 Å². The van der Waals surface area contributed by atoms with Crippen molar-refractivity contribution in [1.29, 1.82) is 0 Å². The molecule has 0 radical (unpaired) electrons. The number of aryl methyl sites for hydroxylation is 1. The third-order valence-corrected chi connectivity index (χ3v) is 4.44. The first-order chi connectivity index (χ1) is 8.00. The molecular formula is C14H17ClF2. The zero-order valence-corrected chi connectivity index (χ0v) is 10.9. The second kappa shape index (κ2) is 4.93. The van der Waals surface area contributed by atoms with Crippen molar-refractivity contribution in [2.75, 3.05) is 0 Å². The van der Waals surface area contributed by atoms with E-state index >= 15 is 0 Å². The number of alkyl halides is 1. The topological polar surface area (TPSA) is 0 Å². The Morgan fingerprint density at radius 2 is 1.94 bits per heavy atom. The molecular weight excluding hydrogens is 242 g/mol. The molecule has 1 aromatic rings. The van der Waals surface area contributed by atoms with Crippen LogP contribution < -0.4 is 0 Å². The summed E-state index contributed by atoms with van der Waals surface area (Å²) in [5.74, 6) is -0.208. The number of hydrogen-bond acceptors (Lipinski definition) is 0. The van der Waals surface area contributed by atoms with Crippen LogP contribution in [-0.4, -0.2) is 0 Å². The molecule has 0 bridgehead atoms. The largest absolute Gasteiger partial charge is 0.207 e. The van der Waals surface area contributed by atoms with Crippen molar-refractivity contribution in [3.63, 3.8) is 0 Å². The molecule has 0 amide bonds. The highest BCUT2D eigenvalue weighted by Gasteiger charge is 2.32. The van der Waals surface area contributed by atoms with Gasteiger partial charge in [0.15, 0.2) is 0 Å². The van der Waals surface area contributed by atoms with Gasteiger partial charge in [0, 0.05) is 11.6 Å². The van der Waals surface area contributed by atoms with E-state index < -0.39 is 11.6 Å². The number of hydrogen-bond donors (Lipinski definition) is 0. The zero-order valence-electron chi connectivity index (χ0n) is 10.1. The molecule has 0 N–H and O–H groups in total. The molecule has 1 saturated carbocycles. The quantitative estimate of drug-likeness (QED) is 0.656. The van der Waals surface area contributed by atoms with Crippen molar-refractivity contribution >= 4 is 11.6 Å². The molecule has 1 aliphatic rings. The summed E-state index contributed by atoms with van der Waals surface area (Å²) in [5.41, 5.74) is 0.905. The molecule has 3 atom stereocenters. The molecule has 1 aromatic carbocycles. The molecule has 1 fully saturated rings. The van der Waals surface area contributed by atoms with Gasteiger partial charge in [-0.05, 0) is 36.8 Å². The second-order valence-electron chi connectivity index (χ2n) is 5.10. The van der Waals surface area contributed by atoms with Crippen LogP contribution in [0.3, 0.4) is 0 Å². The van der Waals surface area contributed by atoms with Gasteiger partial charge in [-0.25, -0.2) is 8.78 Å². The molecule has 1 aliphatic carbocycles. The molecule has 0 spiro atoms. The normalized spacial score (nSPS) is 26.2. The fourth-order valence-electron chi connectivity index (χ4n) is 2.73. The fourth-order valence-corrected chi connectivity index (χ4v) is 3.27. The van der Waals surface area contributed by atoms with Crippen LogP contribution in [0.15, 0.2) is 12.1 Å². The van der Waals surface area contributed by atoms with Crippen LogP contribution in [0.5, 0.6) is 0 Å². The first-order valence-corrected chi connectivity index (χ1v) is 6.54. The van der Waals surface area contributed by atoms with Crippen LogP contribution in [0.25, 0.3) is 0 Å². The average Bonchev–Trinajstić information content (AvgIpc) is 2.69. The number of rotatable bonds is 2. The van der Waals surface area contributed by atoms with E-state index in [-0.39, 0.29) is 5.38 Å². The minimum Gasteiger partial charge on any atom is -0.207 e. The Morgan fingerprint density at radius 3 is 2.53 bits per heavy atom. The van der Waals surface area contributed by atoms with Gasteiger partial charge in [0.2, 0.25) is 0 Å². The van der Waals surface area contributed by atoms with Gasteiger partial charge in [-0.2, -0.15) is 0 Å². The van der Waals surface area contributed by atoms with Crippen molar-refractivity contribution in [3.8, 4) is 0 Å². The van der Waals surface area contributed by atoms with E-state index in [1.54, 1.807) is 13.0 Å². The summed E-state index contributed by atoms with van der Waals surface area (Å²) in [5, 5.41) is -0.341. The third kappa shape index (κ3) is 2.47. The van der Waals surface area contributed by atoms with E-state index in [2.05, 4.69) is 6.92 Å². The zero-order chi connectivity index (χ0) is 12.6. The summed E-state index contributed by atoms with van der Waals surface area (Å²) < 4.78 is 26.9. The smallest absolute Gasteiger partial charge is 0.130 e. The predicted molar refractivity (Wildman–Crippen MR) is 66.2 cm³/mol. The lowest BCUT2D eigenvalue weighted by Crippen LogP contribution is -2.12. The average molecular weight is 259 g/mol. The minimum atomic E-state index is -0.521. The summed E-state index contributed by atoms with van der Waals surface area (Å²) in [6.07, 6.45) is 3.33. The molecule has 0 heterocycles. The molecule has 0 aromatic heterocycles. The third-order valence-electron chi connectivity index (χ3n) is 3.88. The maximum Gasteiger partial charge on any atom is 0.130 e. The van der Waals surface area contributed by atoms with Crippen molar-refractivity contribution in [2.24, 2.45) is 11.8 Å². The Kier molecular flexibility index (Phi) is 3.72. The standard InChI is InChI=1S/C14H17ClF2/c1-8-4-3-5-10(8)14(15)11-6-9(2)12(16)7-13(11)17/h6-8,10,14H,3-5H2,1-2H3. The number of benzene rings is 1. The van der Waals surface area contributed by atoms with Gasteiger partial charge in [0.05, 0.1) is 5.38 Å². The predicted octanol–water partition coefficient (Wildman–Crippen LogP) is 4.99. The first-order valence-electron chi connectivity index (χ1n) is 6.10. The Balaban J connectivity index is 2.30. The van der Waals surface area contributed by atoms with E-state index in [1.807, 2.05) is 0 Å². The highest BCUT2D eigenvalue weighted by atomic mass is 35.5. The Hall–Kier alpha value is -0.630. The lowest BCUT2D eigenvalue weighted by Gasteiger charge is -2.22. The maximum absolute atomic E-state index is 13.7. The maximum atomic E-state index is 13.7. The van der Waals surface area contributed by atoms with Crippen LogP contribution in [0.4, 0.5) is 8.78 Å². The number of halogens is 3. The molecule has 3 heteroatoms. The molecule has 0 saturated heterocycles. The molecule has 3 unspecified atom stereocenters. The lowest BCUT2D eigenvalue weighted by molar-refractivity contribution is 0.398. The van der Waals surface area contributed by atoms with E-state index in [9.17, 15) is 8.78 Å². The summed E-state index contributed by atoms with van der Waals surface area (Å²) in [6, 6.07) is 2.49. The van der Waals surface area contributed by atoms with E-state index in [0.29, 0.717) is 23.0 Å². The van der Waals surface area contributed by atoms with Gasteiger partial charge in [0.25, 0.3) is 0 Å². The summed E-state index contributed by atoms with van der Waals surface area (Å²) in [4.78, 5) is 0. The Labute approximate surface area is 106 Å². The van der Waals surface area contributed by atoms with Gasteiger partial charge in [0.1, 0.15) is 11.6 Å². The van der Waals surface area contributed by atoms with Gasteiger partial charge in [-0.3, -0.25) is 0 Å². The Morgan fingerprint density at radius 1 is 1.24 bits per heavy atom. The monoisotopic (exact) mass is 258 g/mol. The fraction of sp³-hybridized carbons (Fsp3) is 0.571.